The predicted molar refractivity (Wildman–Crippen MR) is 115 cm³/mol. The van der Waals surface area contributed by atoms with Gasteiger partial charge in [-0.15, -0.1) is 6.42 Å². The number of hydrogen-bond acceptors (Lipinski definition) is 6. The Morgan fingerprint density at radius 2 is 2.10 bits per heavy atom. The number of carbonyl (C=O) groups excluding carboxylic acids is 2. The molecule has 150 valence electrons. The number of terminal acetylenes is 1. The molecule has 0 saturated heterocycles. The fourth-order valence-electron chi connectivity index (χ4n) is 3.54. The van der Waals surface area contributed by atoms with Crippen molar-refractivity contribution < 1.29 is 14.3 Å². The van der Waals surface area contributed by atoms with Crippen molar-refractivity contribution in [2.24, 2.45) is 4.99 Å². The summed E-state index contributed by atoms with van der Waals surface area (Å²) in [6.45, 7) is 6.03. The summed E-state index contributed by atoms with van der Waals surface area (Å²) in [6, 6.07) is 5.70. The van der Waals surface area contributed by atoms with Crippen molar-refractivity contribution in [3.05, 3.63) is 57.3 Å². The number of aliphatic imine (C=N–C) groups is 1. The van der Waals surface area contributed by atoms with Gasteiger partial charge < -0.3 is 15.0 Å². The van der Waals surface area contributed by atoms with Gasteiger partial charge in [-0.25, -0.2) is 9.79 Å². The number of amidine groups is 1. The van der Waals surface area contributed by atoms with Gasteiger partial charge in [-0.1, -0.05) is 41.4 Å². The maximum absolute atomic E-state index is 12.7. The summed E-state index contributed by atoms with van der Waals surface area (Å²) in [5.41, 5.74) is 5.02. The monoisotopic (exact) mass is 409 g/mol. The summed E-state index contributed by atoms with van der Waals surface area (Å²) in [6.07, 6.45) is 5.37. The average molecular weight is 410 g/mol. The molecule has 0 spiro atoms. The van der Waals surface area contributed by atoms with E-state index >= 15 is 0 Å². The van der Waals surface area contributed by atoms with E-state index in [0.29, 0.717) is 11.3 Å². The average Bonchev–Trinajstić information content (AvgIpc) is 3.07. The van der Waals surface area contributed by atoms with E-state index in [-0.39, 0.29) is 18.9 Å². The number of nitrogens with zero attached hydrogens (tertiary/aromatic N) is 2. The number of benzene rings is 1. The molecule has 0 aliphatic carbocycles. The number of ether oxygens (including phenoxy) is 1. The lowest BCUT2D eigenvalue weighted by atomic mass is 9.90. The lowest BCUT2D eigenvalue weighted by molar-refractivity contribution is -0.136. The van der Waals surface area contributed by atoms with E-state index in [1.54, 1.807) is 0 Å². The number of amides is 1. The maximum Gasteiger partial charge on any atom is 0.338 e. The van der Waals surface area contributed by atoms with Crippen molar-refractivity contribution in [1.29, 1.82) is 0 Å². The van der Waals surface area contributed by atoms with Crippen molar-refractivity contribution >= 4 is 28.8 Å². The molecular formula is C22H23N3O3S. The van der Waals surface area contributed by atoms with Crippen LogP contribution in [0.3, 0.4) is 0 Å². The van der Waals surface area contributed by atoms with E-state index in [1.165, 1.54) is 18.9 Å². The number of aryl methyl sites for hydroxylation is 2. The first kappa shape index (κ1) is 20.7. The summed E-state index contributed by atoms with van der Waals surface area (Å²) < 4.78 is 5.07. The second-order valence-corrected chi connectivity index (χ2v) is 7.74. The van der Waals surface area contributed by atoms with E-state index in [2.05, 4.69) is 22.3 Å². The first-order valence-corrected chi connectivity index (χ1v) is 10.0. The molecule has 29 heavy (non-hydrogen) atoms. The molecule has 2 heterocycles. The first-order chi connectivity index (χ1) is 13.9. The zero-order valence-corrected chi connectivity index (χ0v) is 17.7. The molecule has 3 rings (SSSR count). The van der Waals surface area contributed by atoms with E-state index in [4.69, 9.17) is 11.2 Å². The van der Waals surface area contributed by atoms with Crippen molar-refractivity contribution in [2.45, 2.75) is 33.2 Å². The molecular weight excluding hydrogens is 386 g/mol. The van der Waals surface area contributed by atoms with Gasteiger partial charge in [0, 0.05) is 5.70 Å². The van der Waals surface area contributed by atoms with Gasteiger partial charge in [0.1, 0.15) is 0 Å². The molecule has 0 saturated carbocycles. The van der Waals surface area contributed by atoms with Crippen molar-refractivity contribution in [1.82, 2.24) is 10.2 Å². The number of methoxy groups -OCH3 is 1. The lowest BCUT2D eigenvalue weighted by Gasteiger charge is -2.36. The Bertz CT molecular complexity index is 1000. The van der Waals surface area contributed by atoms with Gasteiger partial charge in [-0.3, -0.25) is 4.79 Å². The van der Waals surface area contributed by atoms with Gasteiger partial charge in [0.05, 0.1) is 37.4 Å². The molecule has 1 unspecified atom stereocenters. The largest absolute Gasteiger partial charge is 0.466 e. The molecule has 2 aliphatic heterocycles. The predicted octanol–water partition coefficient (Wildman–Crippen LogP) is 3.19. The van der Waals surface area contributed by atoms with Crippen LogP contribution in [0.4, 0.5) is 0 Å². The van der Waals surface area contributed by atoms with Gasteiger partial charge in [-0.05, 0) is 37.3 Å². The van der Waals surface area contributed by atoms with Crippen LogP contribution in [0.5, 0.6) is 0 Å². The van der Waals surface area contributed by atoms with Gasteiger partial charge in [0.15, 0.2) is 5.17 Å². The SMILES string of the molecule is C#CCNC(=O)CC1=CSC2=NC(C)=C(C(=O)OC)C(c3ccc(C)cc3C)N12. The highest BCUT2D eigenvalue weighted by molar-refractivity contribution is 8.16. The number of thioether (sulfide) groups is 1. The van der Waals surface area contributed by atoms with Crippen LogP contribution in [0, 0.1) is 26.2 Å². The number of nitrogens with one attached hydrogen (secondary N) is 1. The van der Waals surface area contributed by atoms with Gasteiger partial charge in [-0.2, -0.15) is 0 Å². The van der Waals surface area contributed by atoms with Crippen molar-refractivity contribution in [3.63, 3.8) is 0 Å². The third-order valence-electron chi connectivity index (χ3n) is 4.86. The molecule has 1 aromatic rings. The summed E-state index contributed by atoms with van der Waals surface area (Å²) in [5.74, 6) is 1.79. The highest BCUT2D eigenvalue weighted by Gasteiger charge is 2.41. The molecule has 1 atom stereocenters. The third-order valence-corrected chi connectivity index (χ3v) is 5.74. The molecule has 0 bridgehead atoms. The fourth-order valence-corrected chi connectivity index (χ4v) is 4.51. The van der Waals surface area contributed by atoms with Crippen LogP contribution in [0.1, 0.15) is 36.1 Å². The molecule has 7 heteroatoms. The Hall–Kier alpha value is -2.98. The molecule has 1 amide bonds. The number of carbonyl (C=O) groups is 2. The van der Waals surface area contributed by atoms with Crippen LogP contribution in [-0.2, 0) is 14.3 Å². The number of esters is 1. The van der Waals surface area contributed by atoms with Crippen LogP contribution < -0.4 is 5.32 Å². The highest BCUT2D eigenvalue weighted by atomic mass is 32.2. The molecule has 0 radical (unpaired) electrons. The summed E-state index contributed by atoms with van der Waals surface area (Å²) in [4.78, 5) is 31.6. The van der Waals surface area contributed by atoms with Crippen LogP contribution in [0.15, 0.2) is 45.6 Å². The summed E-state index contributed by atoms with van der Waals surface area (Å²) >= 11 is 1.44. The Labute approximate surface area is 175 Å². The fraction of sp³-hybridized carbons (Fsp3) is 0.318. The third kappa shape index (κ3) is 4.08. The number of fused-ring (bicyclic) bond motifs is 1. The zero-order chi connectivity index (χ0) is 21.1. The molecule has 0 fully saturated rings. The minimum absolute atomic E-state index is 0.141. The Morgan fingerprint density at radius 1 is 1.34 bits per heavy atom. The maximum atomic E-state index is 12.7. The molecule has 1 aromatic carbocycles. The second kappa shape index (κ2) is 8.58. The number of rotatable bonds is 5. The second-order valence-electron chi connectivity index (χ2n) is 6.90. The molecule has 0 aromatic heterocycles. The van der Waals surface area contributed by atoms with Gasteiger partial charge in [0.2, 0.25) is 5.91 Å². The van der Waals surface area contributed by atoms with Gasteiger partial charge >= 0.3 is 5.97 Å². The van der Waals surface area contributed by atoms with Crippen LogP contribution >= 0.6 is 11.8 Å². The normalized spacial score (nSPS) is 17.9. The topological polar surface area (TPSA) is 71.0 Å². The zero-order valence-electron chi connectivity index (χ0n) is 16.9. The number of allylic oxidation sites excluding steroid dienone is 1. The molecule has 6 nitrogen and oxygen atoms in total. The van der Waals surface area contributed by atoms with E-state index in [1.807, 2.05) is 43.2 Å². The Balaban J connectivity index is 2.07. The van der Waals surface area contributed by atoms with Crippen LogP contribution in [0.2, 0.25) is 0 Å². The quantitative estimate of drug-likeness (QED) is 0.597. The molecule has 1 N–H and O–H groups in total. The summed E-state index contributed by atoms with van der Waals surface area (Å²) in [5, 5.41) is 5.32. The van der Waals surface area contributed by atoms with Crippen molar-refractivity contribution in [3.8, 4) is 12.3 Å². The highest BCUT2D eigenvalue weighted by Crippen LogP contribution is 2.45. The minimum Gasteiger partial charge on any atom is -0.466 e. The standard InChI is InChI=1S/C22H23N3O3S/c1-6-9-23-18(26)11-16-12-29-22-24-15(4)19(21(27)28-5)20(25(16)22)17-8-7-13(2)10-14(17)3/h1,7-8,10,12,20H,9,11H2,2-5H3,(H,23,26). The van der Waals surface area contributed by atoms with Crippen LogP contribution in [-0.4, -0.2) is 35.6 Å². The van der Waals surface area contributed by atoms with Gasteiger partial charge in [0.25, 0.3) is 0 Å². The first-order valence-electron chi connectivity index (χ1n) is 9.17. The Kier molecular flexibility index (Phi) is 6.14. The lowest BCUT2D eigenvalue weighted by Crippen LogP contribution is -2.38. The number of hydrogen-bond donors (Lipinski definition) is 1. The van der Waals surface area contributed by atoms with E-state index < -0.39 is 12.0 Å². The molecule has 2 aliphatic rings. The smallest absolute Gasteiger partial charge is 0.338 e. The Morgan fingerprint density at radius 3 is 2.76 bits per heavy atom. The van der Waals surface area contributed by atoms with E-state index in [9.17, 15) is 9.59 Å². The minimum atomic E-state index is -0.427. The van der Waals surface area contributed by atoms with E-state index in [0.717, 1.165) is 27.6 Å². The summed E-state index contributed by atoms with van der Waals surface area (Å²) in [7, 11) is 1.36. The van der Waals surface area contributed by atoms with Crippen molar-refractivity contribution in [2.75, 3.05) is 13.7 Å². The van der Waals surface area contributed by atoms with Crippen LogP contribution in [0.25, 0.3) is 0 Å².